The Balaban J connectivity index is 0.00000341. The van der Waals surface area contributed by atoms with Crippen LogP contribution in [0, 0.1) is 13.8 Å². The lowest BCUT2D eigenvalue weighted by molar-refractivity contribution is -0.274. The van der Waals surface area contributed by atoms with Gasteiger partial charge in [0.05, 0.1) is 10.2 Å². The third-order valence-corrected chi connectivity index (χ3v) is 5.62. The number of likely N-dealkylation sites (N-methyl/N-ethyl adjacent to an activating group) is 1. The average Bonchev–Trinajstić information content (AvgIpc) is 3.05. The van der Waals surface area contributed by atoms with Crippen molar-refractivity contribution in [2.45, 2.75) is 20.2 Å². The minimum absolute atomic E-state index is 0. The second-order valence-electron chi connectivity index (χ2n) is 7.23. The van der Waals surface area contributed by atoms with Crippen LogP contribution in [-0.2, 0) is 0 Å². The lowest BCUT2D eigenvalue weighted by Crippen LogP contribution is -2.36. The van der Waals surface area contributed by atoms with Crippen LogP contribution in [0.5, 0.6) is 5.75 Å². The van der Waals surface area contributed by atoms with Crippen molar-refractivity contribution in [1.29, 1.82) is 0 Å². The van der Waals surface area contributed by atoms with Crippen molar-refractivity contribution in [2.75, 3.05) is 32.1 Å². The highest BCUT2D eigenvalue weighted by molar-refractivity contribution is 7.22. The van der Waals surface area contributed by atoms with Crippen molar-refractivity contribution in [2.24, 2.45) is 0 Å². The molecule has 2 aromatic carbocycles. The fourth-order valence-corrected chi connectivity index (χ4v) is 3.84. The Morgan fingerprint density at radius 3 is 2.39 bits per heavy atom. The van der Waals surface area contributed by atoms with Crippen LogP contribution in [0.2, 0.25) is 0 Å². The maximum Gasteiger partial charge on any atom is 0.573 e. The number of hydrogen-bond acceptors (Lipinski definition) is 5. The molecule has 31 heavy (non-hydrogen) atoms. The third kappa shape index (κ3) is 6.32. The van der Waals surface area contributed by atoms with Gasteiger partial charge in [-0.2, -0.15) is 0 Å². The molecule has 0 saturated carbocycles. The number of fused-ring (bicyclic) bond motifs is 1. The second-order valence-corrected chi connectivity index (χ2v) is 8.24. The van der Waals surface area contributed by atoms with Gasteiger partial charge in [0.2, 0.25) is 0 Å². The van der Waals surface area contributed by atoms with Crippen molar-refractivity contribution >= 4 is 45.0 Å². The number of anilines is 1. The number of nitrogens with zero attached hydrogens (tertiary/aromatic N) is 3. The van der Waals surface area contributed by atoms with Crippen LogP contribution in [0.1, 0.15) is 21.5 Å². The van der Waals surface area contributed by atoms with E-state index in [9.17, 15) is 18.0 Å². The van der Waals surface area contributed by atoms with Crippen LogP contribution in [0.25, 0.3) is 10.2 Å². The minimum Gasteiger partial charge on any atom is -0.406 e. The number of aryl methyl sites for hydroxylation is 2. The lowest BCUT2D eigenvalue weighted by Gasteiger charge is -2.22. The first kappa shape index (κ1) is 24.9. The Morgan fingerprint density at radius 2 is 1.77 bits per heavy atom. The lowest BCUT2D eigenvalue weighted by atomic mass is 10.1. The summed E-state index contributed by atoms with van der Waals surface area (Å²) >= 11 is 1.16. The van der Waals surface area contributed by atoms with Crippen molar-refractivity contribution in [3.63, 3.8) is 0 Å². The van der Waals surface area contributed by atoms with Crippen molar-refractivity contribution in [3.05, 3.63) is 53.1 Å². The molecule has 0 aliphatic heterocycles. The monoisotopic (exact) mass is 473 g/mol. The van der Waals surface area contributed by atoms with E-state index >= 15 is 0 Å². The van der Waals surface area contributed by atoms with E-state index in [-0.39, 0.29) is 24.1 Å². The molecule has 1 aromatic heterocycles. The van der Waals surface area contributed by atoms with Crippen LogP contribution in [-0.4, -0.2) is 49.3 Å². The van der Waals surface area contributed by atoms with E-state index in [1.807, 2.05) is 45.0 Å². The van der Waals surface area contributed by atoms with Gasteiger partial charge in [-0.1, -0.05) is 17.4 Å². The molecule has 0 aliphatic rings. The molecule has 3 rings (SSSR count). The number of ether oxygens (including phenoxy) is 1. The number of amides is 1. The van der Waals surface area contributed by atoms with Gasteiger partial charge < -0.3 is 9.64 Å². The number of carbonyl (C=O) groups is 1. The van der Waals surface area contributed by atoms with E-state index in [1.165, 1.54) is 18.2 Å². The molecule has 0 unspecified atom stereocenters. The molecule has 0 spiro atoms. The topological polar surface area (TPSA) is 45.7 Å². The first-order valence-corrected chi connectivity index (χ1v) is 10.1. The smallest absolute Gasteiger partial charge is 0.406 e. The molecule has 0 fully saturated rings. The van der Waals surface area contributed by atoms with Gasteiger partial charge in [0.15, 0.2) is 5.13 Å². The molecule has 1 amide bonds. The predicted molar refractivity (Wildman–Crippen MR) is 120 cm³/mol. The molecule has 5 nitrogen and oxygen atoms in total. The Labute approximate surface area is 188 Å². The Bertz CT molecular complexity index is 1070. The van der Waals surface area contributed by atoms with Crippen LogP contribution < -0.4 is 9.64 Å². The summed E-state index contributed by atoms with van der Waals surface area (Å²) in [6, 6.07) is 9.47. The molecule has 0 aliphatic carbocycles. The van der Waals surface area contributed by atoms with Crippen LogP contribution >= 0.6 is 23.7 Å². The minimum atomic E-state index is -4.77. The number of benzene rings is 2. The highest BCUT2D eigenvalue weighted by Gasteiger charge is 2.31. The number of halogens is 4. The number of alkyl halides is 3. The van der Waals surface area contributed by atoms with E-state index < -0.39 is 6.36 Å². The third-order valence-electron chi connectivity index (χ3n) is 4.58. The molecular weight excluding hydrogens is 451 g/mol. The molecule has 1 heterocycles. The van der Waals surface area contributed by atoms with E-state index in [4.69, 9.17) is 0 Å². The molecule has 0 atom stereocenters. The van der Waals surface area contributed by atoms with Crippen molar-refractivity contribution < 1.29 is 22.7 Å². The van der Waals surface area contributed by atoms with Gasteiger partial charge in [-0.25, -0.2) is 4.98 Å². The van der Waals surface area contributed by atoms with E-state index in [1.54, 1.807) is 11.0 Å². The van der Waals surface area contributed by atoms with Crippen molar-refractivity contribution in [1.82, 2.24) is 9.88 Å². The maximum atomic E-state index is 13.3. The standard InChI is InChI=1S/C21H22F3N3O2S.ClH/c1-13-5-6-15(11-14(13)2)19(28)27(10-9-26(3)4)20-25-17-8-7-16(12-18(17)30-20)29-21(22,23)24;/h5-8,11-12H,9-10H2,1-4H3;1H. The van der Waals surface area contributed by atoms with Crippen LogP contribution in [0.4, 0.5) is 18.3 Å². The van der Waals surface area contributed by atoms with Gasteiger partial charge >= 0.3 is 6.36 Å². The van der Waals surface area contributed by atoms with Gasteiger partial charge in [0, 0.05) is 24.7 Å². The molecule has 10 heteroatoms. The largest absolute Gasteiger partial charge is 0.573 e. The second kappa shape index (κ2) is 9.84. The number of carbonyl (C=O) groups excluding carboxylic acids is 1. The number of thiazole rings is 1. The van der Waals surface area contributed by atoms with E-state index in [2.05, 4.69) is 9.72 Å². The predicted octanol–water partition coefficient (Wildman–Crippen LogP) is 5.44. The van der Waals surface area contributed by atoms with Crippen LogP contribution in [0.3, 0.4) is 0 Å². The van der Waals surface area contributed by atoms with E-state index in [0.717, 1.165) is 22.5 Å². The molecule has 0 bridgehead atoms. The summed E-state index contributed by atoms with van der Waals surface area (Å²) in [6.07, 6.45) is -4.77. The summed E-state index contributed by atoms with van der Waals surface area (Å²) in [7, 11) is 3.80. The summed E-state index contributed by atoms with van der Waals surface area (Å²) in [5.41, 5.74) is 3.14. The summed E-state index contributed by atoms with van der Waals surface area (Å²) < 4.78 is 42.0. The van der Waals surface area contributed by atoms with E-state index in [0.29, 0.717) is 34.0 Å². The highest BCUT2D eigenvalue weighted by Crippen LogP contribution is 2.34. The number of rotatable bonds is 6. The van der Waals surface area contributed by atoms with Crippen molar-refractivity contribution in [3.8, 4) is 5.75 Å². The Kier molecular flexibility index (Phi) is 7.91. The maximum absolute atomic E-state index is 13.3. The summed E-state index contributed by atoms with van der Waals surface area (Å²) in [5.74, 6) is -0.517. The highest BCUT2D eigenvalue weighted by atomic mass is 35.5. The number of hydrogen-bond donors (Lipinski definition) is 0. The molecule has 168 valence electrons. The summed E-state index contributed by atoms with van der Waals surface area (Å²) in [4.78, 5) is 21.3. The summed E-state index contributed by atoms with van der Waals surface area (Å²) in [6.45, 7) is 4.91. The summed E-state index contributed by atoms with van der Waals surface area (Å²) in [5, 5.41) is 0.430. The molecular formula is C21H23ClF3N3O2S. The normalized spacial score (nSPS) is 11.5. The zero-order chi connectivity index (χ0) is 22.1. The fourth-order valence-electron chi connectivity index (χ4n) is 2.82. The van der Waals surface area contributed by atoms with Gasteiger partial charge in [-0.05, 0) is 63.3 Å². The fraction of sp³-hybridized carbons (Fsp3) is 0.333. The van der Waals surface area contributed by atoms with Crippen LogP contribution in [0.15, 0.2) is 36.4 Å². The van der Waals surface area contributed by atoms with Gasteiger partial charge in [0.1, 0.15) is 5.75 Å². The average molecular weight is 474 g/mol. The molecule has 0 radical (unpaired) electrons. The Morgan fingerprint density at radius 1 is 1.06 bits per heavy atom. The SMILES string of the molecule is Cc1ccc(C(=O)N(CCN(C)C)c2nc3ccc(OC(F)(F)F)cc3s2)cc1C.Cl. The van der Waals surface area contributed by atoms with Gasteiger partial charge in [-0.3, -0.25) is 9.69 Å². The quantitative estimate of drug-likeness (QED) is 0.478. The Hall–Kier alpha value is -2.36. The first-order valence-electron chi connectivity index (χ1n) is 9.23. The number of aromatic nitrogens is 1. The molecule has 3 aromatic rings. The zero-order valence-corrected chi connectivity index (χ0v) is 19.1. The van der Waals surface area contributed by atoms with Gasteiger partial charge in [-0.15, -0.1) is 25.6 Å². The van der Waals surface area contributed by atoms with Gasteiger partial charge in [0.25, 0.3) is 5.91 Å². The molecule has 0 N–H and O–H groups in total. The first-order chi connectivity index (χ1) is 14.0. The molecule has 0 saturated heterocycles. The zero-order valence-electron chi connectivity index (χ0n) is 17.5.